The number of hydrogen-bond donors (Lipinski definition) is 0. The van der Waals surface area contributed by atoms with Gasteiger partial charge in [-0.15, -0.1) is 0 Å². The third kappa shape index (κ3) is 6.16. The Bertz CT molecular complexity index is 2220. The average Bonchev–Trinajstić information content (AvgIpc) is 3.44. The van der Waals surface area contributed by atoms with E-state index in [1.807, 2.05) is 0 Å². The number of hydrogen-bond acceptors (Lipinski definition) is 1. The van der Waals surface area contributed by atoms with Crippen molar-refractivity contribution >= 4 is 17.3 Å². The summed E-state index contributed by atoms with van der Waals surface area (Å²) in [6, 6.07) is 44.2. The molecule has 0 bridgehead atoms. The Hall–Kier alpha value is -5.66. The van der Waals surface area contributed by atoms with Gasteiger partial charge >= 0.3 is 0 Å². The summed E-state index contributed by atoms with van der Waals surface area (Å²) in [6.45, 7) is 9.29. The van der Waals surface area contributed by atoms with Gasteiger partial charge in [-0.3, -0.25) is 0 Å². The second-order valence-corrected chi connectivity index (χ2v) is 14.2. The van der Waals surface area contributed by atoms with Crippen molar-refractivity contribution in [1.82, 2.24) is 0 Å². The fourth-order valence-corrected chi connectivity index (χ4v) is 7.82. The molecular weight excluding hydrogens is 603 g/mol. The smallest absolute Gasteiger partial charge is 0.0467 e. The van der Waals surface area contributed by atoms with Crippen molar-refractivity contribution < 1.29 is 0 Å². The highest BCUT2D eigenvalue weighted by atomic mass is 15.1. The van der Waals surface area contributed by atoms with E-state index in [0.29, 0.717) is 5.92 Å². The number of benzene rings is 5. The average molecular weight is 646 g/mol. The van der Waals surface area contributed by atoms with E-state index in [1.54, 1.807) is 0 Å². The van der Waals surface area contributed by atoms with Gasteiger partial charge in [0.1, 0.15) is 0 Å². The molecule has 50 heavy (non-hydrogen) atoms. The summed E-state index contributed by atoms with van der Waals surface area (Å²) in [5.41, 5.74) is 16.1. The molecule has 0 aromatic heterocycles. The van der Waals surface area contributed by atoms with Gasteiger partial charge in [-0.1, -0.05) is 166 Å². The van der Waals surface area contributed by atoms with E-state index in [4.69, 9.17) is 6.58 Å². The number of rotatable bonds is 8. The van der Waals surface area contributed by atoms with Crippen LogP contribution >= 0.6 is 0 Å². The van der Waals surface area contributed by atoms with Crippen molar-refractivity contribution in [3.05, 3.63) is 210 Å². The molecule has 0 N–H and O–H groups in total. The maximum Gasteiger partial charge on any atom is 0.0467 e. The molecule has 1 nitrogen and oxygen atoms in total. The summed E-state index contributed by atoms with van der Waals surface area (Å²) in [5.74, 6) is 0.355. The van der Waals surface area contributed by atoms with Crippen LogP contribution in [0.4, 0.5) is 5.69 Å². The van der Waals surface area contributed by atoms with E-state index in [9.17, 15) is 0 Å². The molecule has 8 rings (SSSR count). The SMILES string of the molecule is C=C(/C=C\C1=CC(C)(C)c2ccccc21)N(C1=CCC(c2ccccc2)C=C1)c1ccc(-c2ccccc2)c(-c2ccc3c(c2)CCC=C3)c1. The molecule has 0 amide bonds. The maximum absolute atomic E-state index is 4.71. The molecule has 0 fully saturated rings. The summed E-state index contributed by atoms with van der Waals surface area (Å²) in [4.78, 5) is 2.33. The third-order valence-electron chi connectivity index (χ3n) is 10.4. The highest BCUT2D eigenvalue weighted by Crippen LogP contribution is 2.42. The number of fused-ring (bicyclic) bond motifs is 2. The number of anilines is 1. The monoisotopic (exact) mass is 645 g/mol. The highest BCUT2D eigenvalue weighted by Gasteiger charge is 2.28. The third-order valence-corrected chi connectivity index (χ3v) is 10.4. The van der Waals surface area contributed by atoms with E-state index in [1.165, 1.54) is 55.6 Å². The molecule has 244 valence electrons. The molecule has 3 aliphatic carbocycles. The zero-order valence-electron chi connectivity index (χ0n) is 29.0. The molecule has 0 aliphatic heterocycles. The van der Waals surface area contributed by atoms with E-state index < -0.39 is 0 Å². The van der Waals surface area contributed by atoms with Crippen LogP contribution in [0.1, 0.15) is 60.4 Å². The fourth-order valence-electron chi connectivity index (χ4n) is 7.82. The fraction of sp³-hybridized carbons (Fsp3) is 0.143. The largest absolute Gasteiger partial charge is 0.311 e. The van der Waals surface area contributed by atoms with E-state index in [0.717, 1.165) is 36.3 Å². The Morgan fingerprint density at radius 2 is 1.54 bits per heavy atom. The molecule has 0 saturated carbocycles. The van der Waals surface area contributed by atoms with Gasteiger partial charge in [-0.2, -0.15) is 0 Å². The zero-order valence-corrected chi connectivity index (χ0v) is 29.0. The quantitative estimate of drug-likeness (QED) is 0.152. The molecule has 1 unspecified atom stereocenters. The normalized spacial score (nSPS) is 17.2. The molecule has 1 heteroatoms. The number of nitrogens with zero attached hydrogens (tertiary/aromatic N) is 1. The summed E-state index contributed by atoms with van der Waals surface area (Å²) in [7, 11) is 0. The first-order valence-electron chi connectivity index (χ1n) is 17.9. The molecule has 1 atom stereocenters. The van der Waals surface area contributed by atoms with Crippen LogP contribution in [0.15, 0.2) is 182 Å². The zero-order chi connectivity index (χ0) is 34.1. The van der Waals surface area contributed by atoms with Crippen LogP contribution in [-0.2, 0) is 11.8 Å². The van der Waals surface area contributed by atoms with Crippen molar-refractivity contribution in [2.45, 2.75) is 44.4 Å². The van der Waals surface area contributed by atoms with Gasteiger partial charge in [0, 0.05) is 28.4 Å². The van der Waals surface area contributed by atoms with Crippen molar-refractivity contribution in [3.8, 4) is 22.3 Å². The first-order chi connectivity index (χ1) is 24.4. The lowest BCUT2D eigenvalue weighted by Crippen LogP contribution is -2.21. The molecule has 5 aromatic carbocycles. The maximum atomic E-state index is 4.71. The van der Waals surface area contributed by atoms with Gasteiger partial charge in [0.2, 0.25) is 0 Å². The molecule has 5 aromatic rings. The second-order valence-electron chi connectivity index (χ2n) is 14.2. The Morgan fingerprint density at radius 3 is 2.34 bits per heavy atom. The first kappa shape index (κ1) is 31.6. The van der Waals surface area contributed by atoms with Crippen LogP contribution in [0, 0.1) is 0 Å². The first-order valence-corrected chi connectivity index (χ1v) is 17.9. The van der Waals surface area contributed by atoms with Gasteiger partial charge in [0.05, 0.1) is 0 Å². The lowest BCUT2D eigenvalue weighted by atomic mass is 9.87. The van der Waals surface area contributed by atoms with Crippen LogP contribution in [-0.4, -0.2) is 0 Å². The van der Waals surface area contributed by atoms with Gasteiger partial charge in [-0.05, 0) is 99.2 Å². The minimum absolute atomic E-state index is 0.00872. The summed E-state index contributed by atoms with van der Waals surface area (Å²) < 4.78 is 0. The molecule has 0 radical (unpaired) electrons. The van der Waals surface area contributed by atoms with Crippen LogP contribution < -0.4 is 4.90 Å². The topological polar surface area (TPSA) is 3.24 Å². The van der Waals surface area contributed by atoms with E-state index >= 15 is 0 Å². The Labute approximate surface area is 297 Å². The second kappa shape index (κ2) is 13.3. The minimum atomic E-state index is -0.00872. The summed E-state index contributed by atoms with van der Waals surface area (Å²) in [5, 5.41) is 0. The number of aryl methyl sites for hydroxylation is 1. The lowest BCUT2D eigenvalue weighted by molar-refractivity contribution is 0.683. The van der Waals surface area contributed by atoms with E-state index in [-0.39, 0.29) is 5.41 Å². The molecular formula is C49H43N. The van der Waals surface area contributed by atoms with Gasteiger partial charge in [0.25, 0.3) is 0 Å². The number of allylic oxidation sites excluding steroid dienone is 8. The Morgan fingerprint density at radius 1 is 0.760 bits per heavy atom. The van der Waals surface area contributed by atoms with Gasteiger partial charge in [0.15, 0.2) is 0 Å². The molecule has 0 saturated heterocycles. The van der Waals surface area contributed by atoms with Crippen molar-refractivity contribution in [2.75, 3.05) is 4.90 Å². The minimum Gasteiger partial charge on any atom is -0.311 e. The predicted octanol–water partition coefficient (Wildman–Crippen LogP) is 12.9. The van der Waals surface area contributed by atoms with E-state index in [2.05, 4.69) is 189 Å². The van der Waals surface area contributed by atoms with Crippen LogP contribution in [0.3, 0.4) is 0 Å². The van der Waals surface area contributed by atoms with Crippen LogP contribution in [0.5, 0.6) is 0 Å². The van der Waals surface area contributed by atoms with Crippen LogP contribution in [0.25, 0.3) is 33.9 Å². The predicted molar refractivity (Wildman–Crippen MR) is 214 cm³/mol. The van der Waals surface area contributed by atoms with Crippen molar-refractivity contribution in [2.24, 2.45) is 0 Å². The molecule has 0 spiro atoms. The summed E-state index contributed by atoms with van der Waals surface area (Å²) >= 11 is 0. The van der Waals surface area contributed by atoms with Crippen molar-refractivity contribution in [1.29, 1.82) is 0 Å². The van der Waals surface area contributed by atoms with Crippen LogP contribution in [0.2, 0.25) is 0 Å². The summed E-state index contributed by atoms with van der Waals surface area (Å²) in [6.07, 6.45) is 21.5. The van der Waals surface area contributed by atoms with Gasteiger partial charge in [-0.25, -0.2) is 0 Å². The van der Waals surface area contributed by atoms with Gasteiger partial charge < -0.3 is 4.90 Å². The molecule has 0 heterocycles. The van der Waals surface area contributed by atoms with Crippen molar-refractivity contribution in [3.63, 3.8) is 0 Å². The molecule has 3 aliphatic rings. The lowest BCUT2D eigenvalue weighted by Gasteiger charge is -2.30. The Balaban J connectivity index is 1.22. The standard InChI is InChI=1S/C49H43N/c1-35(22-23-42-34-49(2,3)48-21-13-12-20-46(42)48)50(43-28-26-38(27-29-43)36-14-6-4-7-15-36)44-30-31-45(39-17-8-5-9-18-39)47(33-44)41-25-24-37-16-10-11-19-40(37)32-41/h4-10,12-18,20-26,28-34,38H,1,11,19,27H2,2-3H3/b23-22-. The Kier molecular flexibility index (Phi) is 8.43. The highest BCUT2D eigenvalue weighted by molar-refractivity contribution is 5.88.